The van der Waals surface area contributed by atoms with E-state index in [0.717, 1.165) is 5.46 Å². The van der Waals surface area contributed by atoms with Gasteiger partial charge in [-0.05, 0) is 73.5 Å². The lowest BCUT2D eigenvalue weighted by atomic mass is 9.66. The van der Waals surface area contributed by atoms with Gasteiger partial charge in [0.25, 0.3) is 0 Å². The minimum Gasteiger partial charge on any atom is -0.399 e. The summed E-state index contributed by atoms with van der Waals surface area (Å²) in [5.74, 6) is 0. The van der Waals surface area contributed by atoms with Crippen molar-refractivity contribution in [1.82, 2.24) is 0 Å². The second-order valence-electron chi connectivity index (χ2n) is 10.9. The molecule has 3 heteroatoms. The molecule has 0 bridgehead atoms. The Morgan fingerprint density at radius 2 is 1.14 bits per heavy atom. The highest BCUT2D eigenvalue weighted by Crippen LogP contribution is 2.55. The Balaban J connectivity index is 1.64. The van der Waals surface area contributed by atoms with E-state index in [4.69, 9.17) is 9.31 Å². The van der Waals surface area contributed by atoms with Crippen molar-refractivity contribution in [1.29, 1.82) is 0 Å². The van der Waals surface area contributed by atoms with Gasteiger partial charge in [-0.1, -0.05) is 103 Å². The van der Waals surface area contributed by atoms with Crippen LogP contribution in [0.1, 0.15) is 55.5 Å². The first-order valence-corrected chi connectivity index (χ1v) is 12.5. The van der Waals surface area contributed by atoms with Crippen molar-refractivity contribution >= 4 is 12.6 Å². The van der Waals surface area contributed by atoms with Crippen LogP contribution in [0.15, 0.2) is 97.1 Å². The summed E-state index contributed by atoms with van der Waals surface area (Å²) in [4.78, 5) is 0. The van der Waals surface area contributed by atoms with Crippen LogP contribution in [0.3, 0.4) is 0 Å². The number of benzene rings is 4. The minimum atomic E-state index is -0.416. The minimum absolute atomic E-state index is 0.382. The van der Waals surface area contributed by atoms with Gasteiger partial charge in [-0.3, -0.25) is 0 Å². The predicted molar refractivity (Wildman–Crippen MR) is 144 cm³/mol. The second-order valence-corrected chi connectivity index (χ2v) is 10.9. The van der Waals surface area contributed by atoms with Crippen molar-refractivity contribution in [2.75, 3.05) is 0 Å². The van der Waals surface area contributed by atoms with Crippen LogP contribution in [0.2, 0.25) is 0 Å². The number of hydrogen-bond donors (Lipinski definition) is 0. The monoisotopic (exact) mass is 458 g/mol. The fourth-order valence-electron chi connectivity index (χ4n) is 5.70. The van der Waals surface area contributed by atoms with Gasteiger partial charge in [0, 0.05) is 0 Å². The van der Waals surface area contributed by atoms with E-state index in [1.54, 1.807) is 0 Å². The lowest BCUT2D eigenvalue weighted by molar-refractivity contribution is 0.00578. The molecule has 0 spiro atoms. The first-order chi connectivity index (χ1) is 16.7. The third-order valence-corrected chi connectivity index (χ3v) is 8.29. The van der Waals surface area contributed by atoms with E-state index >= 15 is 0 Å². The standard InChI is InChI=1S/C32H31BO2/c1-22-15-17-24(18-16-22)32(23-11-7-6-8-12-23)28-14-10-9-13-26(28)27-20-19-25(21-29(27)32)33-34-30(2,3)31(4,5)35-33/h6-21H,1-5H3. The molecule has 4 aromatic carbocycles. The molecule has 2 nitrogen and oxygen atoms in total. The van der Waals surface area contributed by atoms with Gasteiger partial charge in [-0.2, -0.15) is 0 Å². The smallest absolute Gasteiger partial charge is 0.399 e. The molecule has 0 amide bonds. The highest BCUT2D eigenvalue weighted by atomic mass is 16.7. The van der Waals surface area contributed by atoms with Gasteiger partial charge in [0.05, 0.1) is 16.6 Å². The molecule has 0 saturated carbocycles. The van der Waals surface area contributed by atoms with Crippen LogP contribution in [0.25, 0.3) is 11.1 Å². The Morgan fingerprint density at radius 1 is 0.571 bits per heavy atom. The van der Waals surface area contributed by atoms with Crippen molar-refractivity contribution in [2.45, 2.75) is 51.2 Å². The second kappa shape index (κ2) is 7.68. The van der Waals surface area contributed by atoms with Crippen LogP contribution >= 0.6 is 0 Å². The first kappa shape index (κ1) is 22.3. The summed E-state index contributed by atoms with van der Waals surface area (Å²) in [5, 5.41) is 0. The van der Waals surface area contributed by atoms with Gasteiger partial charge in [0.15, 0.2) is 0 Å². The van der Waals surface area contributed by atoms with E-state index in [1.165, 1.54) is 38.9 Å². The maximum Gasteiger partial charge on any atom is 0.494 e. The average Bonchev–Trinajstić information content (AvgIpc) is 3.27. The van der Waals surface area contributed by atoms with Crippen LogP contribution in [-0.2, 0) is 14.7 Å². The van der Waals surface area contributed by atoms with Gasteiger partial charge in [0.2, 0.25) is 0 Å². The van der Waals surface area contributed by atoms with Crippen LogP contribution in [-0.4, -0.2) is 18.3 Å². The van der Waals surface area contributed by atoms with Crippen molar-refractivity contribution in [3.8, 4) is 11.1 Å². The van der Waals surface area contributed by atoms with Crippen molar-refractivity contribution in [2.24, 2.45) is 0 Å². The molecule has 1 heterocycles. The van der Waals surface area contributed by atoms with Crippen LogP contribution in [0.4, 0.5) is 0 Å². The predicted octanol–water partition coefficient (Wildman–Crippen LogP) is 6.66. The fourth-order valence-corrected chi connectivity index (χ4v) is 5.70. The topological polar surface area (TPSA) is 18.5 Å². The van der Waals surface area contributed by atoms with E-state index in [9.17, 15) is 0 Å². The van der Waals surface area contributed by atoms with Crippen molar-refractivity contribution in [3.05, 3.63) is 125 Å². The third kappa shape index (κ3) is 3.18. The highest BCUT2D eigenvalue weighted by molar-refractivity contribution is 6.62. The molecular formula is C32H31BO2. The third-order valence-electron chi connectivity index (χ3n) is 8.29. The normalized spacial score (nSPS) is 21.6. The molecule has 174 valence electrons. The van der Waals surface area contributed by atoms with Crippen molar-refractivity contribution in [3.63, 3.8) is 0 Å². The molecule has 0 radical (unpaired) electrons. The van der Waals surface area contributed by atoms with Gasteiger partial charge < -0.3 is 9.31 Å². The number of fused-ring (bicyclic) bond motifs is 3. The molecule has 6 rings (SSSR count). The summed E-state index contributed by atoms with van der Waals surface area (Å²) in [6, 6.07) is 35.5. The number of hydrogen-bond acceptors (Lipinski definition) is 2. The molecule has 2 aliphatic rings. The average molecular weight is 458 g/mol. The molecule has 0 N–H and O–H groups in total. The zero-order chi connectivity index (χ0) is 24.4. The molecule has 0 aromatic heterocycles. The van der Waals surface area contributed by atoms with E-state index in [-0.39, 0.29) is 11.2 Å². The van der Waals surface area contributed by atoms with Crippen molar-refractivity contribution < 1.29 is 9.31 Å². The molecule has 1 aliphatic heterocycles. The highest BCUT2D eigenvalue weighted by Gasteiger charge is 2.53. The molecule has 1 aliphatic carbocycles. The molecule has 35 heavy (non-hydrogen) atoms. The maximum atomic E-state index is 6.46. The maximum absolute atomic E-state index is 6.46. The molecular weight excluding hydrogens is 427 g/mol. The summed E-state index contributed by atoms with van der Waals surface area (Å²) in [6.07, 6.45) is 0. The molecule has 1 atom stereocenters. The summed E-state index contributed by atoms with van der Waals surface area (Å²) in [7, 11) is -0.402. The number of rotatable bonds is 3. The fraction of sp³-hybridized carbons (Fsp3) is 0.250. The summed E-state index contributed by atoms with van der Waals surface area (Å²) in [6.45, 7) is 10.6. The van der Waals surface area contributed by atoms with E-state index < -0.39 is 12.5 Å². The molecule has 1 saturated heterocycles. The van der Waals surface area contributed by atoms with Crippen LogP contribution in [0.5, 0.6) is 0 Å². The molecule has 1 fully saturated rings. The number of aryl methyl sites for hydroxylation is 1. The zero-order valence-electron chi connectivity index (χ0n) is 21.1. The largest absolute Gasteiger partial charge is 0.494 e. The lowest BCUT2D eigenvalue weighted by Gasteiger charge is -2.34. The first-order valence-electron chi connectivity index (χ1n) is 12.5. The molecule has 4 aromatic rings. The van der Waals surface area contributed by atoms with Gasteiger partial charge in [0.1, 0.15) is 0 Å². The van der Waals surface area contributed by atoms with Crippen LogP contribution in [0, 0.1) is 6.92 Å². The van der Waals surface area contributed by atoms with Gasteiger partial charge in [-0.25, -0.2) is 0 Å². The Kier molecular flexibility index (Phi) is 4.90. The van der Waals surface area contributed by atoms with E-state index in [1.807, 2.05) is 0 Å². The van der Waals surface area contributed by atoms with Gasteiger partial charge >= 0.3 is 7.12 Å². The van der Waals surface area contributed by atoms with E-state index in [0.29, 0.717) is 0 Å². The zero-order valence-corrected chi connectivity index (χ0v) is 21.1. The lowest BCUT2D eigenvalue weighted by Crippen LogP contribution is -2.41. The Hall–Kier alpha value is -3.14. The molecule has 1 unspecified atom stereocenters. The van der Waals surface area contributed by atoms with E-state index in [2.05, 4.69) is 132 Å². The Bertz CT molecular complexity index is 1390. The SMILES string of the molecule is Cc1ccc(C2(c3ccccc3)c3ccccc3-c3ccc(B4OC(C)(C)C(C)(C)O4)cc32)cc1. The summed E-state index contributed by atoms with van der Waals surface area (Å²) >= 11 is 0. The summed E-state index contributed by atoms with van der Waals surface area (Å²) < 4.78 is 12.9. The Morgan fingerprint density at radius 3 is 1.83 bits per heavy atom. The quantitative estimate of drug-likeness (QED) is 0.282. The van der Waals surface area contributed by atoms with Gasteiger partial charge in [-0.15, -0.1) is 0 Å². The summed E-state index contributed by atoms with van der Waals surface area (Å²) in [5.41, 5.74) is 8.82. The van der Waals surface area contributed by atoms with Crippen LogP contribution < -0.4 is 5.46 Å². The Labute approximate surface area is 209 Å².